The van der Waals surface area contributed by atoms with Gasteiger partial charge in [-0.15, -0.1) is 0 Å². The van der Waals surface area contributed by atoms with Crippen LogP contribution in [0.15, 0.2) is 53.3 Å². The second-order valence-electron chi connectivity index (χ2n) is 7.87. The molecule has 2 aromatic carbocycles. The fourth-order valence-corrected chi connectivity index (χ4v) is 3.62. The van der Waals surface area contributed by atoms with Crippen molar-refractivity contribution in [2.24, 2.45) is 0 Å². The lowest BCUT2D eigenvalue weighted by atomic mass is 10.1. The molecule has 0 amide bonds. The highest BCUT2D eigenvalue weighted by atomic mass is 32.1. The molecule has 0 fully saturated rings. The van der Waals surface area contributed by atoms with Crippen molar-refractivity contribution < 1.29 is 0 Å². The minimum Gasteiger partial charge on any atom is -0.343 e. The highest BCUT2D eigenvalue weighted by Crippen LogP contribution is 2.17. The Balaban J connectivity index is 1.84. The van der Waals surface area contributed by atoms with Crippen molar-refractivity contribution in [1.82, 2.24) is 14.8 Å². The summed E-state index contributed by atoms with van der Waals surface area (Å²) in [6, 6.07) is 16.3. The summed E-state index contributed by atoms with van der Waals surface area (Å²) in [6.07, 6.45) is 1.00. The van der Waals surface area contributed by atoms with Crippen molar-refractivity contribution in [2.45, 2.75) is 26.8 Å². The molecule has 0 unspecified atom stereocenters. The first-order valence-corrected chi connectivity index (χ1v) is 10.7. The molecule has 3 rings (SSSR count). The van der Waals surface area contributed by atoms with Crippen LogP contribution in [0.2, 0.25) is 0 Å². The maximum absolute atomic E-state index is 12.8. The molecule has 0 spiro atoms. The molecule has 1 aromatic heterocycles. The van der Waals surface area contributed by atoms with Crippen molar-refractivity contribution in [3.8, 4) is 0 Å². The van der Waals surface area contributed by atoms with Crippen molar-refractivity contribution >= 4 is 33.9 Å². The number of nitrogens with one attached hydrogen (secondary N) is 2. The maximum atomic E-state index is 12.8. The smallest absolute Gasteiger partial charge is 0.253 e. The topological polar surface area (TPSA) is 51.4 Å². The molecule has 0 aliphatic carbocycles. The molecule has 5 nitrogen and oxygen atoms in total. The highest BCUT2D eigenvalue weighted by molar-refractivity contribution is 7.80. The molecule has 0 aliphatic heterocycles. The molecule has 0 radical (unpaired) electrons. The van der Waals surface area contributed by atoms with E-state index in [0.29, 0.717) is 17.2 Å². The third-order valence-electron chi connectivity index (χ3n) is 5.24. The normalized spacial score (nSPS) is 11.1. The fourth-order valence-electron chi connectivity index (χ4n) is 3.35. The molecule has 0 saturated carbocycles. The summed E-state index contributed by atoms with van der Waals surface area (Å²) < 4.78 is 0. The number of hydrogen-bond donors (Lipinski definition) is 2. The van der Waals surface area contributed by atoms with E-state index in [0.717, 1.165) is 41.7 Å². The van der Waals surface area contributed by atoms with Gasteiger partial charge in [0.05, 0.1) is 12.1 Å². The van der Waals surface area contributed by atoms with Gasteiger partial charge in [0, 0.05) is 24.3 Å². The Morgan fingerprint density at radius 1 is 1.10 bits per heavy atom. The number of thiocarbonyl (C=S) groups is 1. The van der Waals surface area contributed by atoms with Crippen molar-refractivity contribution in [2.75, 3.05) is 32.5 Å². The predicted molar refractivity (Wildman–Crippen MR) is 130 cm³/mol. The first kappa shape index (κ1) is 22.0. The number of benzene rings is 2. The van der Waals surface area contributed by atoms with Crippen molar-refractivity contribution in [1.29, 1.82) is 0 Å². The van der Waals surface area contributed by atoms with Crippen LogP contribution in [0.1, 0.15) is 23.6 Å². The number of aromatic amines is 1. The summed E-state index contributed by atoms with van der Waals surface area (Å²) >= 11 is 5.71. The lowest BCUT2D eigenvalue weighted by Gasteiger charge is -2.27. The molecule has 0 saturated heterocycles. The standard InChI is InChI=1S/C24H30N4OS/c1-5-18-9-11-21(12-10-18)25-24(30)28(14-13-27(3)4)16-20-15-19-8-6-7-17(2)22(19)26-23(20)29/h6-12,15H,5,13-14,16H2,1-4H3,(H,25,30)(H,26,29). The van der Waals surface area contributed by atoms with E-state index >= 15 is 0 Å². The Hall–Kier alpha value is -2.70. The van der Waals surface area contributed by atoms with Gasteiger partial charge in [0.2, 0.25) is 0 Å². The first-order chi connectivity index (χ1) is 14.4. The van der Waals surface area contributed by atoms with Crippen LogP contribution in [0.5, 0.6) is 0 Å². The molecule has 6 heteroatoms. The largest absolute Gasteiger partial charge is 0.343 e. The van der Waals surface area contributed by atoms with Gasteiger partial charge in [-0.25, -0.2) is 0 Å². The minimum absolute atomic E-state index is 0.0678. The summed E-state index contributed by atoms with van der Waals surface area (Å²) in [5.41, 5.74) is 4.83. The van der Waals surface area contributed by atoms with Gasteiger partial charge in [0.1, 0.15) is 0 Å². The third kappa shape index (κ3) is 5.46. The fraction of sp³-hybridized carbons (Fsp3) is 0.333. The van der Waals surface area contributed by atoms with Crippen LogP contribution in [0.3, 0.4) is 0 Å². The molecule has 0 bridgehead atoms. The zero-order chi connectivity index (χ0) is 21.7. The number of likely N-dealkylation sites (N-methyl/N-ethyl adjacent to an activating group) is 1. The molecule has 3 aromatic rings. The highest BCUT2D eigenvalue weighted by Gasteiger charge is 2.14. The van der Waals surface area contributed by atoms with E-state index in [4.69, 9.17) is 12.2 Å². The van der Waals surface area contributed by atoms with Crippen LogP contribution >= 0.6 is 12.2 Å². The molecular formula is C24H30N4OS. The van der Waals surface area contributed by atoms with Crippen LogP contribution in [-0.2, 0) is 13.0 Å². The maximum Gasteiger partial charge on any atom is 0.253 e. The number of H-pyrrole nitrogens is 1. The Kier molecular flexibility index (Phi) is 7.24. The quantitative estimate of drug-likeness (QED) is 0.560. The van der Waals surface area contributed by atoms with Crippen LogP contribution < -0.4 is 10.9 Å². The third-order valence-corrected chi connectivity index (χ3v) is 5.60. The molecule has 158 valence electrons. The molecule has 30 heavy (non-hydrogen) atoms. The van der Waals surface area contributed by atoms with Gasteiger partial charge in [-0.2, -0.15) is 0 Å². The number of nitrogens with zero attached hydrogens (tertiary/aromatic N) is 2. The van der Waals surface area contributed by atoms with Gasteiger partial charge in [0.15, 0.2) is 5.11 Å². The second-order valence-corrected chi connectivity index (χ2v) is 8.25. The zero-order valence-corrected chi connectivity index (χ0v) is 19.0. The van der Waals surface area contributed by atoms with E-state index in [1.807, 2.05) is 57.4 Å². The molecule has 0 atom stereocenters. The average Bonchev–Trinajstić information content (AvgIpc) is 2.72. The number of anilines is 1. The van der Waals surface area contributed by atoms with Crippen LogP contribution in [0.25, 0.3) is 10.9 Å². The molecule has 1 heterocycles. The predicted octanol–water partition coefficient (Wildman–Crippen LogP) is 4.16. The Labute approximate surface area is 183 Å². The van der Waals surface area contributed by atoms with Crippen LogP contribution in [0, 0.1) is 6.92 Å². The molecular weight excluding hydrogens is 392 g/mol. The number of aromatic nitrogens is 1. The Morgan fingerprint density at radius 2 is 1.83 bits per heavy atom. The van der Waals surface area contributed by atoms with Gasteiger partial charge in [0.25, 0.3) is 5.56 Å². The van der Waals surface area contributed by atoms with E-state index in [9.17, 15) is 4.79 Å². The second kappa shape index (κ2) is 9.87. The summed E-state index contributed by atoms with van der Waals surface area (Å²) in [7, 11) is 4.06. The van der Waals surface area contributed by atoms with E-state index < -0.39 is 0 Å². The van der Waals surface area contributed by atoms with E-state index in [1.165, 1.54) is 5.56 Å². The number of pyridine rings is 1. The Bertz CT molecular complexity index is 1070. The number of rotatable bonds is 7. The van der Waals surface area contributed by atoms with Gasteiger partial charge < -0.3 is 20.1 Å². The monoisotopic (exact) mass is 422 g/mol. The van der Waals surface area contributed by atoms with E-state index in [-0.39, 0.29) is 5.56 Å². The van der Waals surface area contributed by atoms with Crippen molar-refractivity contribution in [3.63, 3.8) is 0 Å². The summed E-state index contributed by atoms with van der Waals surface area (Å²) in [6.45, 7) is 6.15. The van der Waals surface area contributed by atoms with Gasteiger partial charge in [-0.05, 0) is 74.4 Å². The number of para-hydroxylation sites is 1. The number of fused-ring (bicyclic) bond motifs is 1. The lowest BCUT2D eigenvalue weighted by Crippen LogP contribution is -2.40. The van der Waals surface area contributed by atoms with Crippen LogP contribution in [0.4, 0.5) is 5.69 Å². The van der Waals surface area contributed by atoms with Crippen LogP contribution in [-0.4, -0.2) is 47.1 Å². The van der Waals surface area contributed by atoms with Gasteiger partial charge in [-0.1, -0.05) is 37.3 Å². The molecule has 0 aliphatic rings. The Morgan fingerprint density at radius 3 is 2.50 bits per heavy atom. The van der Waals surface area contributed by atoms with E-state index in [2.05, 4.69) is 39.2 Å². The van der Waals surface area contributed by atoms with E-state index in [1.54, 1.807) is 0 Å². The summed E-state index contributed by atoms with van der Waals surface area (Å²) in [4.78, 5) is 20.0. The van der Waals surface area contributed by atoms with Gasteiger partial charge >= 0.3 is 0 Å². The summed E-state index contributed by atoms with van der Waals surface area (Å²) in [5.74, 6) is 0. The van der Waals surface area contributed by atoms with Crippen molar-refractivity contribution in [3.05, 3.63) is 75.6 Å². The number of hydrogen-bond acceptors (Lipinski definition) is 3. The average molecular weight is 423 g/mol. The SMILES string of the molecule is CCc1ccc(NC(=S)N(CCN(C)C)Cc2cc3cccc(C)c3[nH]c2=O)cc1. The zero-order valence-electron chi connectivity index (χ0n) is 18.2. The minimum atomic E-state index is -0.0678. The number of aryl methyl sites for hydroxylation is 2. The lowest BCUT2D eigenvalue weighted by molar-refractivity contribution is 0.327. The first-order valence-electron chi connectivity index (χ1n) is 10.3. The summed E-state index contributed by atoms with van der Waals surface area (Å²) in [5, 5.41) is 4.98. The van der Waals surface area contributed by atoms with Gasteiger partial charge in [-0.3, -0.25) is 4.79 Å². The molecule has 2 N–H and O–H groups in total.